The second-order valence-corrected chi connectivity index (χ2v) is 9.51. The molecule has 2 atom stereocenters. The Morgan fingerprint density at radius 3 is 2.20 bits per heavy atom. The number of nitrogens with zero attached hydrogens (tertiary/aromatic N) is 1. The molecule has 164 valence electrons. The van der Waals surface area contributed by atoms with Crippen molar-refractivity contribution in [1.29, 1.82) is 0 Å². The van der Waals surface area contributed by atoms with Crippen molar-refractivity contribution in [3.63, 3.8) is 0 Å². The van der Waals surface area contributed by atoms with Gasteiger partial charge in [0.25, 0.3) is 5.91 Å². The largest absolute Gasteiger partial charge is 0.479 e. The van der Waals surface area contributed by atoms with Gasteiger partial charge in [0.15, 0.2) is 6.10 Å². The molecule has 0 aromatic heterocycles. The van der Waals surface area contributed by atoms with Crippen LogP contribution in [-0.2, 0) is 14.8 Å². The van der Waals surface area contributed by atoms with E-state index in [9.17, 15) is 13.2 Å². The third-order valence-corrected chi connectivity index (χ3v) is 7.24. The fraction of sp³-hybridized carbons (Fsp3) is 0.381. The van der Waals surface area contributed by atoms with Crippen molar-refractivity contribution in [2.75, 3.05) is 13.1 Å². The van der Waals surface area contributed by atoms with E-state index in [2.05, 4.69) is 5.32 Å². The number of amides is 1. The SMILES string of the molecule is CCN(CC)S(=O)(=O)c1ccc(C(C)NC(=O)C(C)Oc2ccc(Cl)cc2Cl)cc1. The summed E-state index contributed by atoms with van der Waals surface area (Å²) in [5, 5.41) is 3.65. The molecule has 0 fully saturated rings. The van der Waals surface area contributed by atoms with Crippen LogP contribution >= 0.6 is 23.2 Å². The minimum atomic E-state index is -3.52. The lowest BCUT2D eigenvalue weighted by Crippen LogP contribution is -2.37. The maximum Gasteiger partial charge on any atom is 0.261 e. The summed E-state index contributed by atoms with van der Waals surface area (Å²) in [5.74, 6) is 0.0377. The van der Waals surface area contributed by atoms with Gasteiger partial charge in [-0.2, -0.15) is 4.31 Å². The maximum absolute atomic E-state index is 12.6. The van der Waals surface area contributed by atoms with E-state index in [0.717, 1.165) is 5.56 Å². The van der Waals surface area contributed by atoms with Gasteiger partial charge in [-0.3, -0.25) is 4.79 Å². The molecule has 0 heterocycles. The molecule has 0 aliphatic heterocycles. The van der Waals surface area contributed by atoms with E-state index in [4.69, 9.17) is 27.9 Å². The Labute approximate surface area is 188 Å². The number of halogens is 2. The minimum absolute atomic E-state index is 0.225. The molecule has 1 amide bonds. The van der Waals surface area contributed by atoms with Crippen LogP contribution in [0.1, 0.15) is 39.3 Å². The average molecular weight is 473 g/mol. The summed E-state index contributed by atoms with van der Waals surface area (Å²) in [6.07, 6.45) is -0.784. The number of benzene rings is 2. The molecule has 2 aromatic rings. The number of ether oxygens (including phenoxy) is 1. The first kappa shape index (κ1) is 24.5. The van der Waals surface area contributed by atoms with Gasteiger partial charge in [-0.15, -0.1) is 0 Å². The van der Waals surface area contributed by atoms with Gasteiger partial charge >= 0.3 is 0 Å². The zero-order chi connectivity index (χ0) is 22.5. The van der Waals surface area contributed by atoms with Gasteiger partial charge < -0.3 is 10.1 Å². The van der Waals surface area contributed by atoms with Crippen LogP contribution in [0.5, 0.6) is 5.75 Å². The summed E-state index contributed by atoms with van der Waals surface area (Å²) in [4.78, 5) is 12.7. The van der Waals surface area contributed by atoms with Crippen LogP contribution in [0.2, 0.25) is 10.0 Å². The zero-order valence-corrected chi connectivity index (χ0v) is 19.7. The molecule has 0 radical (unpaired) electrons. The van der Waals surface area contributed by atoms with Gasteiger partial charge in [0.1, 0.15) is 5.75 Å². The second-order valence-electron chi connectivity index (χ2n) is 6.72. The number of rotatable bonds is 9. The highest BCUT2D eigenvalue weighted by Gasteiger charge is 2.22. The zero-order valence-electron chi connectivity index (χ0n) is 17.4. The van der Waals surface area contributed by atoms with E-state index in [1.165, 1.54) is 4.31 Å². The van der Waals surface area contributed by atoms with Crippen molar-refractivity contribution in [2.24, 2.45) is 0 Å². The van der Waals surface area contributed by atoms with Crippen LogP contribution in [0, 0.1) is 0 Å². The van der Waals surface area contributed by atoms with Gasteiger partial charge in [-0.1, -0.05) is 49.2 Å². The van der Waals surface area contributed by atoms with E-state index in [-0.39, 0.29) is 16.8 Å². The average Bonchev–Trinajstić information content (AvgIpc) is 2.70. The number of carbonyl (C=O) groups excluding carboxylic acids is 1. The third kappa shape index (κ3) is 5.88. The fourth-order valence-electron chi connectivity index (χ4n) is 2.87. The Hall–Kier alpha value is -1.80. The molecular weight excluding hydrogens is 447 g/mol. The predicted octanol–water partition coefficient (Wildman–Crippen LogP) is 4.67. The lowest BCUT2D eigenvalue weighted by atomic mass is 10.1. The Morgan fingerprint density at radius 1 is 1.07 bits per heavy atom. The van der Waals surface area contributed by atoms with Crippen molar-refractivity contribution < 1.29 is 17.9 Å². The van der Waals surface area contributed by atoms with Crippen molar-refractivity contribution in [2.45, 2.75) is 44.7 Å². The van der Waals surface area contributed by atoms with E-state index < -0.39 is 16.1 Å². The highest BCUT2D eigenvalue weighted by Crippen LogP contribution is 2.28. The molecule has 2 rings (SSSR count). The molecule has 0 spiro atoms. The van der Waals surface area contributed by atoms with Crippen molar-refractivity contribution in [1.82, 2.24) is 9.62 Å². The molecule has 1 N–H and O–H groups in total. The Bertz CT molecular complexity index is 977. The Kier molecular flexibility index (Phi) is 8.55. The van der Waals surface area contributed by atoms with Crippen LogP contribution in [0.15, 0.2) is 47.4 Å². The Balaban J connectivity index is 2.04. The van der Waals surface area contributed by atoms with Crippen LogP contribution < -0.4 is 10.1 Å². The topological polar surface area (TPSA) is 75.7 Å². The summed E-state index contributed by atoms with van der Waals surface area (Å²) < 4.78 is 32.2. The van der Waals surface area contributed by atoms with Gasteiger partial charge in [0, 0.05) is 18.1 Å². The molecular formula is C21H26Cl2N2O4S. The Morgan fingerprint density at radius 2 is 1.67 bits per heavy atom. The van der Waals surface area contributed by atoms with Crippen LogP contribution in [0.25, 0.3) is 0 Å². The highest BCUT2D eigenvalue weighted by atomic mass is 35.5. The molecule has 9 heteroatoms. The van der Waals surface area contributed by atoms with Gasteiger partial charge in [0.2, 0.25) is 10.0 Å². The summed E-state index contributed by atoms with van der Waals surface area (Å²) in [5.41, 5.74) is 0.776. The fourth-order valence-corrected chi connectivity index (χ4v) is 4.78. The molecule has 0 saturated heterocycles. The van der Waals surface area contributed by atoms with E-state index in [1.807, 2.05) is 6.92 Å². The summed E-state index contributed by atoms with van der Waals surface area (Å²) >= 11 is 11.9. The normalized spacial score (nSPS) is 13.7. The third-order valence-electron chi connectivity index (χ3n) is 4.65. The predicted molar refractivity (Wildman–Crippen MR) is 120 cm³/mol. The molecule has 30 heavy (non-hydrogen) atoms. The van der Waals surface area contributed by atoms with Gasteiger partial charge in [0.05, 0.1) is 16.0 Å². The molecule has 0 bridgehead atoms. The first-order valence-electron chi connectivity index (χ1n) is 9.62. The standard InChI is InChI=1S/C21H26Cl2N2O4S/c1-5-25(6-2)30(27,28)18-10-7-16(8-11-18)14(3)24-21(26)15(4)29-20-12-9-17(22)13-19(20)23/h7-15H,5-6H2,1-4H3,(H,24,26). The summed E-state index contributed by atoms with van der Waals surface area (Å²) in [6.45, 7) is 7.84. The van der Waals surface area contributed by atoms with Crippen LogP contribution in [0.4, 0.5) is 0 Å². The number of carbonyl (C=O) groups is 1. The van der Waals surface area contributed by atoms with Gasteiger partial charge in [-0.05, 0) is 49.7 Å². The number of nitrogens with one attached hydrogen (secondary N) is 1. The molecule has 6 nitrogen and oxygen atoms in total. The minimum Gasteiger partial charge on any atom is -0.479 e. The van der Waals surface area contributed by atoms with Crippen molar-refractivity contribution in [3.8, 4) is 5.75 Å². The lowest BCUT2D eigenvalue weighted by molar-refractivity contribution is -0.127. The molecule has 2 aromatic carbocycles. The lowest BCUT2D eigenvalue weighted by Gasteiger charge is -2.21. The number of hydrogen-bond acceptors (Lipinski definition) is 4. The monoisotopic (exact) mass is 472 g/mol. The van der Waals surface area contributed by atoms with Gasteiger partial charge in [-0.25, -0.2) is 8.42 Å². The van der Waals surface area contributed by atoms with Crippen LogP contribution in [0.3, 0.4) is 0 Å². The maximum atomic E-state index is 12.6. The molecule has 2 unspecified atom stereocenters. The summed E-state index contributed by atoms with van der Waals surface area (Å²) in [7, 11) is -3.52. The van der Waals surface area contributed by atoms with Crippen LogP contribution in [-0.4, -0.2) is 37.8 Å². The smallest absolute Gasteiger partial charge is 0.261 e. The van der Waals surface area contributed by atoms with Crippen molar-refractivity contribution >= 4 is 39.1 Å². The molecule has 0 aliphatic rings. The highest BCUT2D eigenvalue weighted by molar-refractivity contribution is 7.89. The molecule has 0 aliphatic carbocycles. The van der Waals surface area contributed by atoms with E-state index >= 15 is 0 Å². The van der Waals surface area contributed by atoms with E-state index in [0.29, 0.717) is 28.9 Å². The first-order chi connectivity index (χ1) is 14.1. The number of hydrogen-bond donors (Lipinski definition) is 1. The first-order valence-corrected chi connectivity index (χ1v) is 11.8. The van der Waals surface area contributed by atoms with Crippen molar-refractivity contribution in [3.05, 3.63) is 58.1 Å². The van der Waals surface area contributed by atoms with E-state index in [1.54, 1.807) is 63.2 Å². The quantitative estimate of drug-likeness (QED) is 0.575. The summed E-state index contributed by atoms with van der Waals surface area (Å²) in [6, 6.07) is 10.9. The molecule has 0 saturated carbocycles. The second kappa shape index (κ2) is 10.5. The number of sulfonamides is 1.